The van der Waals surface area contributed by atoms with Crippen LogP contribution in [0.1, 0.15) is 17.9 Å². The topological polar surface area (TPSA) is 72.4 Å². The summed E-state index contributed by atoms with van der Waals surface area (Å²) < 4.78 is 7.47. The van der Waals surface area contributed by atoms with Crippen LogP contribution < -0.4 is 15.4 Å². The number of carbonyl (C=O) groups excluding carboxylic acids is 2. The maximum absolute atomic E-state index is 12.8. The standard InChI is InChI=1S/C22H20ClN3O3/c23-17-5-3-15(4-6-17)16(13-26-9-1-2-10-26)11-21(27)24-18-7-8-19-20(12-18)29-14-22(28)25-19/h1-10,12,16H,11,13-14H2,(H,24,27)(H,25,28). The van der Waals surface area contributed by atoms with Crippen LogP contribution in [0.15, 0.2) is 67.0 Å². The van der Waals surface area contributed by atoms with Gasteiger partial charge in [0.05, 0.1) is 5.69 Å². The number of benzene rings is 2. The molecule has 2 N–H and O–H groups in total. The summed E-state index contributed by atoms with van der Waals surface area (Å²) in [7, 11) is 0. The zero-order chi connectivity index (χ0) is 20.2. The summed E-state index contributed by atoms with van der Waals surface area (Å²) in [5, 5.41) is 6.33. The first-order chi connectivity index (χ1) is 14.1. The number of carbonyl (C=O) groups is 2. The molecule has 2 heterocycles. The van der Waals surface area contributed by atoms with Crippen LogP contribution in [0.5, 0.6) is 5.75 Å². The second-order valence-electron chi connectivity index (χ2n) is 6.93. The van der Waals surface area contributed by atoms with Crippen LogP contribution in [0.4, 0.5) is 11.4 Å². The summed E-state index contributed by atoms with van der Waals surface area (Å²) in [6.07, 6.45) is 4.28. The molecular weight excluding hydrogens is 390 g/mol. The summed E-state index contributed by atoms with van der Waals surface area (Å²) in [5.74, 6) is 0.249. The molecule has 0 saturated carbocycles. The molecule has 1 unspecified atom stereocenters. The highest BCUT2D eigenvalue weighted by Gasteiger charge is 2.19. The SMILES string of the molecule is O=C(CC(Cn1cccc1)c1ccc(Cl)cc1)Nc1ccc2c(c1)OCC(=O)N2. The third kappa shape index (κ3) is 4.78. The van der Waals surface area contributed by atoms with Crippen molar-refractivity contribution < 1.29 is 14.3 Å². The fourth-order valence-electron chi connectivity index (χ4n) is 3.36. The Morgan fingerprint density at radius 1 is 1.17 bits per heavy atom. The fraction of sp³-hybridized carbons (Fsp3) is 0.182. The molecule has 2 aromatic carbocycles. The Morgan fingerprint density at radius 2 is 1.93 bits per heavy atom. The van der Waals surface area contributed by atoms with E-state index >= 15 is 0 Å². The van der Waals surface area contributed by atoms with Gasteiger partial charge in [0.1, 0.15) is 5.75 Å². The van der Waals surface area contributed by atoms with Crippen molar-refractivity contribution in [2.75, 3.05) is 17.2 Å². The zero-order valence-electron chi connectivity index (χ0n) is 15.6. The van der Waals surface area contributed by atoms with E-state index in [4.69, 9.17) is 16.3 Å². The van der Waals surface area contributed by atoms with Crippen LogP contribution in [0.25, 0.3) is 0 Å². The molecule has 148 valence electrons. The Bertz CT molecular complexity index is 1020. The number of rotatable bonds is 6. The van der Waals surface area contributed by atoms with Gasteiger partial charge in [-0.15, -0.1) is 0 Å². The molecule has 2 amide bonds. The van der Waals surface area contributed by atoms with Gasteiger partial charge in [-0.2, -0.15) is 0 Å². The molecule has 4 rings (SSSR count). The highest BCUT2D eigenvalue weighted by molar-refractivity contribution is 6.30. The number of hydrogen-bond donors (Lipinski definition) is 2. The van der Waals surface area contributed by atoms with E-state index in [2.05, 4.69) is 15.2 Å². The maximum Gasteiger partial charge on any atom is 0.262 e. The Labute approximate surface area is 173 Å². The number of ether oxygens (including phenoxy) is 1. The van der Waals surface area contributed by atoms with Gasteiger partial charge in [-0.05, 0) is 42.0 Å². The van der Waals surface area contributed by atoms with E-state index in [1.165, 1.54) is 0 Å². The lowest BCUT2D eigenvalue weighted by Crippen LogP contribution is -2.25. The monoisotopic (exact) mass is 409 g/mol. The Morgan fingerprint density at radius 3 is 2.69 bits per heavy atom. The molecule has 1 aliphatic rings. The maximum atomic E-state index is 12.8. The first-order valence-electron chi connectivity index (χ1n) is 9.29. The number of aromatic nitrogens is 1. The van der Waals surface area contributed by atoms with Crippen LogP contribution in [0.3, 0.4) is 0 Å². The summed E-state index contributed by atoms with van der Waals surface area (Å²) in [6.45, 7) is 0.654. The number of amides is 2. The summed E-state index contributed by atoms with van der Waals surface area (Å²) in [5.41, 5.74) is 2.28. The molecule has 0 spiro atoms. The number of anilines is 2. The lowest BCUT2D eigenvalue weighted by molar-refractivity contribution is -0.119. The van der Waals surface area contributed by atoms with Gasteiger partial charge in [-0.3, -0.25) is 9.59 Å². The van der Waals surface area contributed by atoms with E-state index < -0.39 is 0 Å². The zero-order valence-corrected chi connectivity index (χ0v) is 16.4. The van der Waals surface area contributed by atoms with Crippen molar-refractivity contribution in [2.24, 2.45) is 0 Å². The molecule has 3 aromatic rings. The Balaban J connectivity index is 1.47. The number of hydrogen-bond acceptors (Lipinski definition) is 3. The third-order valence-corrected chi connectivity index (χ3v) is 5.02. The molecule has 0 radical (unpaired) electrons. The Kier molecular flexibility index (Phi) is 5.53. The number of nitrogens with one attached hydrogen (secondary N) is 2. The minimum absolute atomic E-state index is 0.00664. The smallest absolute Gasteiger partial charge is 0.262 e. The molecule has 1 aliphatic heterocycles. The molecule has 0 saturated heterocycles. The van der Waals surface area contributed by atoms with Gasteiger partial charge in [-0.25, -0.2) is 0 Å². The molecule has 1 atom stereocenters. The second kappa shape index (κ2) is 8.41. The number of nitrogens with zero attached hydrogens (tertiary/aromatic N) is 1. The second-order valence-corrected chi connectivity index (χ2v) is 7.36. The van der Waals surface area contributed by atoms with Crippen LogP contribution in [-0.4, -0.2) is 23.0 Å². The van der Waals surface area contributed by atoms with E-state index in [1.807, 2.05) is 48.8 Å². The summed E-state index contributed by atoms with van der Waals surface area (Å²) >= 11 is 6.02. The predicted molar refractivity (Wildman–Crippen MR) is 112 cm³/mol. The summed E-state index contributed by atoms with van der Waals surface area (Å²) in [4.78, 5) is 24.1. The van der Waals surface area contributed by atoms with Gasteiger partial charge in [0.2, 0.25) is 5.91 Å². The van der Waals surface area contributed by atoms with Crippen molar-refractivity contribution in [3.63, 3.8) is 0 Å². The van der Waals surface area contributed by atoms with Gasteiger partial charge in [-0.1, -0.05) is 23.7 Å². The van der Waals surface area contributed by atoms with E-state index in [9.17, 15) is 9.59 Å². The fourth-order valence-corrected chi connectivity index (χ4v) is 3.48. The minimum Gasteiger partial charge on any atom is -0.482 e. The number of fused-ring (bicyclic) bond motifs is 1. The molecule has 6 nitrogen and oxygen atoms in total. The van der Waals surface area contributed by atoms with Crippen LogP contribution in [-0.2, 0) is 16.1 Å². The molecule has 0 aliphatic carbocycles. The van der Waals surface area contributed by atoms with Crippen LogP contribution in [0.2, 0.25) is 5.02 Å². The highest BCUT2D eigenvalue weighted by atomic mass is 35.5. The van der Waals surface area contributed by atoms with Crippen LogP contribution in [0, 0.1) is 0 Å². The lowest BCUT2D eigenvalue weighted by atomic mass is 9.95. The molecule has 1 aromatic heterocycles. The molecule has 0 fully saturated rings. The quantitative estimate of drug-likeness (QED) is 0.638. The Hall–Kier alpha value is -3.25. The van der Waals surface area contributed by atoms with Gasteiger partial charge in [0.25, 0.3) is 5.91 Å². The van der Waals surface area contributed by atoms with E-state index in [1.54, 1.807) is 18.2 Å². The van der Waals surface area contributed by atoms with Gasteiger partial charge >= 0.3 is 0 Å². The predicted octanol–water partition coefficient (Wildman–Crippen LogP) is 4.29. The van der Waals surface area contributed by atoms with Crippen molar-refractivity contribution in [3.8, 4) is 5.75 Å². The summed E-state index contributed by atoms with van der Waals surface area (Å²) in [6, 6.07) is 16.7. The molecule has 7 heteroatoms. The van der Waals surface area contributed by atoms with Gasteiger partial charge < -0.3 is 19.9 Å². The van der Waals surface area contributed by atoms with Gasteiger partial charge in [0.15, 0.2) is 6.61 Å². The van der Waals surface area contributed by atoms with Crippen molar-refractivity contribution in [1.29, 1.82) is 0 Å². The first kappa shape index (κ1) is 19.1. The third-order valence-electron chi connectivity index (χ3n) is 4.77. The van der Waals surface area contributed by atoms with Crippen molar-refractivity contribution in [2.45, 2.75) is 18.9 Å². The normalized spacial score (nSPS) is 13.8. The van der Waals surface area contributed by atoms with E-state index in [0.717, 1.165) is 5.56 Å². The van der Waals surface area contributed by atoms with Crippen molar-refractivity contribution >= 4 is 34.8 Å². The van der Waals surface area contributed by atoms with Crippen molar-refractivity contribution in [1.82, 2.24) is 4.57 Å². The highest BCUT2D eigenvalue weighted by Crippen LogP contribution is 2.31. The van der Waals surface area contributed by atoms with E-state index in [0.29, 0.717) is 35.1 Å². The van der Waals surface area contributed by atoms with Gasteiger partial charge in [0, 0.05) is 48.1 Å². The largest absolute Gasteiger partial charge is 0.482 e. The lowest BCUT2D eigenvalue weighted by Gasteiger charge is -2.20. The average molecular weight is 410 g/mol. The molecule has 0 bridgehead atoms. The number of halogens is 1. The first-order valence-corrected chi connectivity index (χ1v) is 9.67. The van der Waals surface area contributed by atoms with Crippen LogP contribution >= 0.6 is 11.6 Å². The average Bonchev–Trinajstić information content (AvgIpc) is 3.21. The molecular formula is C22H20ClN3O3. The van der Waals surface area contributed by atoms with E-state index in [-0.39, 0.29) is 24.3 Å². The molecule has 29 heavy (non-hydrogen) atoms. The minimum atomic E-state index is -0.190. The van der Waals surface area contributed by atoms with Crippen molar-refractivity contribution in [3.05, 3.63) is 77.6 Å².